The highest BCUT2D eigenvalue weighted by atomic mass is 35.5. The number of likely N-dealkylation sites (N-methyl/N-ethyl adjacent to an activating group) is 1. The quantitative estimate of drug-likeness (QED) is 0.611. The summed E-state index contributed by atoms with van der Waals surface area (Å²) in [6.45, 7) is 0. The van der Waals surface area contributed by atoms with Gasteiger partial charge in [0.05, 0.1) is 11.9 Å². The van der Waals surface area contributed by atoms with E-state index in [4.69, 9.17) is 11.6 Å². The van der Waals surface area contributed by atoms with E-state index in [2.05, 4.69) is 15.0 Å². The predicted molar refractivity (Wildman–Crippen MR) is 97.4 cm³/mol. The van der Waals surface area contributed by atoms with Gasteiger partial charge in [-0.1, -0.05) is 18.9 Å². The summed E-state index contributed by atoms with van der Waals surface area (Å²) in [5.41, 5.74) is 2.00. The average molecular weight is 356 g/mol. The van der Waals surface area contributed by atoms with Crippen molar-refractivity contribution in [2.75, 3.05) is 16.8 Å². The molecule has 3 heterocycles. The van der Waals surface area contributed by atoms with E-state index < -0.39 is 0 Å². The molecule has 2 aromatic heterocycles. The number of fused-ring (bicyclic) bond motifs is 1. The maximum atomic E-state index is 13.0. The molecule has 6 nitrogen and oxygen atoms in total. The molecule has 2 aromatic rings. The summed E-state index contributed by atoms with van der Waals surface area (Å²) in [5.74, 6) is 0.604. The minimum atomic E-state index is -0.0871. The van der Waals surface area contributed by atoms with Crippen LogP contribution < -0.4 is 9.80 Å². The number of hydrogen-bond acceptors (Lipinski definition) is 5. The van der Waals surface area contributed by atoms with Crippen LogP contribution in [0.1, 0.15) is 31.4 Å². The van der Waals surface area contributed by atoms with Gasteiger partial charge in [-0.25, -0.2) is 4.98 Å². The number of aromatic nitrogens is 3. The lowest BCUT2D eigenvalue weighted by atomic mass is 10.1. The van der Waals surface area contributed by atoms with Crippen LogP contribution in [0.5, 0.6) is 0 Å². The molecule has 0 spiro atoms. The van der Waals surface area contributed by atoms with Crippen molar-refractivity contribution >= 4 is 35.1 Å². The zero-order valence-electron chi connectivity index (χ0n) is 13.9. The van der Waals surface area contributed by atoms with Crippen LogP contribution in [0.4, 0.5) is 11.5 Å². The molecule has 0 saturated heterocycles. The van der Waals surface area contributed by atoms with E-state index in [1.165, 1.54) is 0 Å². The van der Waals surface area contributed by atoms with E-state index in [0.29, 0.717) is 17.2 Å². The third-order valence-corrected chi connectivity index (χ3v) is 4.94. The van der Waals surface area contributed by atoms with E-state index in [0.717, 1.165) is 31.4 Å². The van der Waals surface area contributed by atoms with Gasteiger partial charge in [0.15, 0.2) is 5.82 Å². The number of rotatable bonds is 2. The van der Waals surface area contributed by atoms with Crippen molar-refractivity contribution < 1.29 is 4.79 Å². The topological polar surface area (TPSA) is 62.2 Å². The number of hydrogen-bond donors (Lipinski definition) is 0. The first-order chi connectivity index (χ1) is 12.1. The van der Waals surface area contributed by atoms with Gasteiger partial charge in [0.25, 0.3) is 5.91 Å². The van der Waals surface area contributed by atoms with Crippen molar-refractivity contribution in [2.45, 2.75) is 31.7 Å². The van der Waals surface area contributed by atoms with Gasteiger partial charge in [0.2, 0.25) is 5.28 Å². The minimum Gasteiger partial charge on any atom is -0.317 e. The van der Waals surface area contributed by atoms with Crippen LogP contribution in [0.2, 0.25) is 5.28 Å². The molecule has 128 valence electrons. The van der Waals surface area contributed by atoms with Gasteiger partial charge < -0.3 is 9.80 Å². The summed E-state index contributed by atoms with van der Waals surface area (Å²) in [5, 5.41) is 0.182. The number of pyridine rings is 1. The molecule has 0 aromatic carbocycles. The van der Waals surface area contributed by atoms with E-state index in [9.17, 15) is 4.79 Å². The zero-order chi connectivity index (χ0) is 17.4. The Hall–Kier alpha value is -2.47. The van der Waals surface area contributed by atoms with Crippen molar-refractivity contribution in [2.24, 2.45) is 0 Å². The lowest BCUT2D eigenvalue weighted by molar-refractivity contribution is -0.115. The molecule has 25 heavy (non-hydrogen) atoms. The molecule has 0 bridgehead atoms. The van der Waals surface area contributed by atoms with Gasteiger partial charge in [0.1, 0.15) is 11.4 Å². The molecule has 1 fully saturated rings. The molecular formula is C18H18ClN5O. The van der Waals surface area contributed by atoms with Crippen molar-refractivity contribution in [1.82, 2.24) is 15.0 Å². The highest BCUT2D eigenvalue weighted by Crippen LogP contribution is 2.40. The molecular weight excluding hydrogens is 338 g/mol. The third kappa shape index (κ3) is 2.87. The number of carbonyl (C=O) groups excluding carboxylic acids is 1. The fourth-order valence-corrected chi connectivity index (χ4v) is 3.65. The fraction of sp³-hybridized carbons (Fsp3) is 0.333. The van der Waals surface area contributed by atoms with Crippen LogP contribution in [-0.4, -0.2) is 33.9 Å². The Balaban J connectivity index is 1.89. The van der Waals surface area contributed by atoms with E-state index >= 15 is 0 Å². The molecule has 1 aliphatic heterocycles. The van der Waals surface area contributed by atoms with E-state index in [1.807, 2.05) is 29.2 Å². The Kier molecular flexibility index (Phi) is 4.13. The van der Waals surface area contributed by atoms with Crippen LogP contribution in [0.25, 0.3) is 6.08 Å². The molecule has 2 aliphatic rings. The van der Waals surface area contributed by atoms with Gasteiger partial charge in [-0.2, -0.15) is 4.98 Å². The normalized spacial score (nSPS) is 19.6. The number of halogens is 1. The van der Waals surface area contributed by atoms with Crippen LogP contribution in [0, 0.1) is 0 Å². The Morgan fingerprint density at radius 2 is 2.04 bits per heavy atom. The largest absolute Gasteiger partial charge is 0.317 e. The minimum absolute atomic E-state index is 0.0871. The monoisotopic (exact) mass is 355 g/mol. The summed E-state index contributed by atoms with van der Waals surface area (Å²) >= 11 is 6.06. The SMILES string of the molecule is CN1C(=O)/C(=C\c2ccccn2)N(C2CCCC2)c2nc(Cl)ncc21. The lowest BCUT2D eigenvalue weighted by Crippen LogP contribution is -2.46. The molecule has 4 rings (SSSR count). The fourth-order valence-electron chi connectivity index (χ4n) is 3.52. The van der Waals surface area contributed by atoms with Crippen LogP contribution in [0.3, 0.4) is 0 Å². The first-order valence-electron chi connectivity index (χ1n) is 8.37. The molecule has 0 radical (unpaired) electrons. The van der Waals surface area contributed by atoms with Gasteiger partial charge in [0, 0.05) is 19.3 Å². The van der Waals surface area contributed by atoms with Gasteiger partial charge in [-0.05, 0) is 42.7 Å². The molecule has 0 unspecified atom stereocenters. The summed E-state index contributed by atoms with van der Waals surface area (Å²) in [7, 11) is 1.73. The molecule has 1 aliphatic carbocycles. The number of anilines is 2. The molecule has 1 amide bonds. The lowest BCUT2D eigenvalue weighted by Gasteiger charge is -2.39. The second-order valence-corrected chi connectivity index (χ2v) is 6.64. The van der Waals surface area contributed by atoms with E-state index in [1.54, 1.807) is 24.3 Å². The standard InChI is InChI=1S/C18H18ClN5O/c1-23-15-11-21-18(19)22-16(15)24(13-7-2-3-8-13)14(17(23)25)10-12-6-4-5-9-20-12/h4-6,9-11,13H,2-3,7-8H2,1H3/b14-10+. The smallest absolute Gasteiger partial charge is 0.274 e. The first kappa shape index (κ1) is 16.0. The van der Waals surface area contributed by atoms with Crippen molar-refractivity contribution in [3.8, 4) is 0 Å². The third-order valence-electron chi connectivity index (χ3n) is 4.76. The summed E-state index contributed by atoms with van der Waals surface area (Å²) in [6.07, 6.45) is 9.51. The maximum absolute atomic E-state index is 13.0. The van der Waals surface area contributed by atoms with Gasteiger partial charge >= 0.3 is 0 Å². The first-order valence-corrected chi connectivity index (χ1v) is 8.75. The summed E-state index contributed by atoms with van der Waals surface area (Å²) < 4.78 is 0. The molecule has 1 saturated carbocycles. The Labute approximate surface area is 151 Å². The summed E-state index contributed by atoms with van der Waals surface area (Å²) in [6, 6.07) is 5.88. The molecule has 0 N–H and O–H groups in total. The van der Waals surface area contributed by atoms with Crippen LogP contribution >= 0.6 is 11.6 Å². The van der Waals surface area contributed by atoms with Crippen LogP contribution in [-0.2, 0) is 4.79 Å². The van der Waals surface area contributed by atoms with Crippen molar-refractivity contribution in [3.63, 3.8) is 0 Å². The molecule has 7 heteroatoms. The van der Waals surface area contributed by atoms with Crippen LogP contribution in [0.15, 0.2) is 36.3 Å². The average Bonchev–Trinajstić information content (AvgIpc) is 3.14. The van der Waals surface area contributed by atoms with Crippen molar-refractivity contribution in [3.05, 3.63) is 47.3 Å². The van der Waals surface area contributed by atoms with Gasteiger partial charge in [-0.15, -0.1) is 0 Å². The highest BCUT2D eigenvalue weighted by molar-refractivity contribution is 6.28. The predicted octanol–water partition coefficient (Wildman–Crippen LogP) is 3.29. The second kappa shape index (κ2) is 6.44. The number of carbonyl (C=O) groups is 1. The Morgan fingerprint density at radius 1 is 1.24 bits per heavy atom. The second-order valence-electron chi connectivity index (χ2n) is 6.30. The number of amides is 1. The van der Waals surface area contributed by atoms with Crippen molar-refractivity contribution in [1.29, 1.82) is 0 Å². The van der Waals surface area contributed by atoms with E-state index in [-0.39, 0.29) is 17.2 Å². The Morgan fingerprint density at radius 3 is 2.76 bits per heavy atom. The highest BCUT2D eigenvalue weighted by Gasteiger charge is 2.38. The van der Waals surface area contributed by atoms with Gasteiger partial charge in [-0.3, -0.25) is 9.78 Å². The summed E-state index contributed by atoms with van der Waals surface area (Å²) in [4.78, 5) is 29.5. The molecule has 0 atom stereocenters. The number of nitrogens with zero attached hydrogens (tertiary/aromatic N) is 5. The zero-order valence-corrected chi connectivity index (χ0v) is 14.6. The Bertz CT molecular complexity index is 833. The maximum Gasteiger partial charge on any atom is 0.274 e.